The van der Waals surface area contributed by atoms with Crippen LogP contribution in [0.1, 0.15) is 20.8 Å². The van der Waals surface area contributed by atoms with Crippen molar-refractivity contribution in [2.45, 2.75) is 26.8 Å². The second kappa shape index (κ2) is 6.27. The van der Waals surface area contributed by atoms with Gasteiger partial charge in [-0.1, -0.05) is 0 Å². The van der Waals surface area contributed by atoms with E-state index in [-0.39, 0.29) is 12.6 Å². The van der Waals surface area contributed by atoms with Crippen molar-refractivity contribution in [3.8, 4) is 5.88 Å². The summed E-state index contributed by atoms with van der Waals surface area (Å²) < 4.78 is 5.31. The Balaban J connectivity index is 2.86. The molecule has 1 N–H and O–H groups in total. The summed E-state index contributed by atoms with van der Waals surface area (Å²) in [5.74, 6) is 1.35. The predicted molar refractivity (Wildman–Crippen MR) is 62.8 cm³/mol. The van der Waals surface area contributed by atoms with Crippen molar-refractivity contribution in [1.82, 2.24) is 9.97 Å². The Kier molecular flexibility index (Phi) is 4.98. The highest BCUT2D eigenvalue weighted by Gasteiger charge is 2.12. The van der Waals surface area contributed by atoms with Crippen molar-refractivity contribution in [2.75, 3.05) is 24.7 Å². The van der Waals surface area contributed by atoms with Crippen LogP contribution in [0.2, 0.25) is 0 Å². The standard InChI is InChI=1S/C11H19N3O2/c1-4-16-11-7-10(12-8-13-11)14(5-6-15)9(2)3/h7-9,15H,4-6H2,1-3H3. The van der Waals surface area contributed by atoms with Crippen LogP contribution >= 0.6 is 0 Å². The van der Waals surface area contributed by atoms with Crippen LogP contribution in [0.3, 0.4) is 0 Å². The number of hydrogen-bond acceptors (Lipinski definition) is 5. The molecule has 0 atom stereocenters. The van der Waals surface area contributed by atoms with E-state index in [0.29, 0.717) is 19.0 Å². The zero-order valence-corrected chi connectivity index (χ0v) is 10.1. The van der Waals surface area contributed by atoms with Gasteiger partial charge in [0.2, 0.25) is 5.88 Å². The summed E-state index contributed by atoms with van der Waals surface area (Å²) in [4.78, 5) is 10.2. The zero-order chi connectivity index (χ0) is 12.0. The Hall–Kier alpha value is -1.36. The van der Waals surface area contributed by atoms with Gasteiger partial charge in [-0.05, 0) is 20.8 Å². The minimum Gasteiger partial charge on any atom is -0.478 e. The number of aliphatic hydroxyl groups is 1. The van der Waals surface area contributed by atoms with E-state index < -0.39 is 0 Å². The minimum atomic E-state index is 0.103. The Morgan fingerprint density at radius 2 is 2.19 bits per heavy atom. The van der Waals surface area contributed by atoms with E-state index in [0.717, 1.165) is 5.82 Å². The normalized spacial score (nSPS) is 10.6. The third-order valence-corrected chi connectivity index (χ3v) is 2.18. The number of anilines is 1. The fourth-order valence-corrected chi connectivity index (χ4v) is 1.46. The van der Waals surface area contributed by atoms with Gasteiger partial charge in [0.25, 0.3) is 0 Å². The average Bonchev–Trinajstić information content (AvgIpc) is 2.26. The van der Waals surface area contributed by atoms with Crippen LogP contribution in [0.5, 0.6) is 5.88 Å². The Morgan fingerprint density at radius 3 is 2.75 bits per heavy atom. The lowest BCUT2D eigenvalue weighted by molar-refractivity contribution is 0.298. The monoisotopic (exact) mass is 225 g/mol. The van der Waals surface area contributed by atoms with Gasteiger partial charge in [-0.15, -0.1) is 0 Å². The predicted octanol–water partition coefficient (Wildman–Crippen LogP) is 1.08. The van der Waals surface area contributed by atoms with E-state index in [1.165, 1.54) is 6.33 Å². The molecule has 16 heavy (non-hydrogen) atoms. The molecule has 0 aliphatic rings. The second-order valence-electron chi connectivity index (χ2n) is 3.66. The molecule has 1 heterocycles. The van der Waals surface area contributed by atoms with E-state index >= 15 is 0 Å². The highest BCUT2D eigenvalue weighted by molar-refractivity contribution is 5.41. The molecule has 0 bridgehead atoms. The summed E-state index contributed by atoms with van der Waals surface area (Å²) in [5.41, 5.74) is 0. The first kappa shape index (κ1) is 12.7. The maximum atomic E-state index is 9.00. The first-order valence-electron chi connectivity index (χ1n) is 5.51. The molecule has 0 saturated heterocycles. The van der Waals surface area contributed by atoms with Crippen LogP contribution in [0.15, 0.2) is 12.4 Å². The quantitative estimate of drug-likeness (QED) is 0.785. The number of nitrogens with zero attached hydrogens (tertiary/aromatic N) is 3. The van der Waals surface area contributed by atoms with Gasteiger partial charge in [-0.25, -0.2) is 9.97 Å². The third kappa shape index (κ3) is 3.34. The van der Waals surface area contributed by atoms with E-state index in [4.69, 9.17) is 9.84 Å². The molecule has 1 aromatic rings. The molecular formula is C11H19N3O2. The van der Waals surface area contributed by atoms with Gasteiger partial charge in [-0.3, -0.25) is 0 Å². The van der Waals surface area contributed by atoms with Crippen molar-refractivity contribution in [1.29, 1.82) is 0 Å². The molecular weight excluding hydrogens is 206 g/mol. The number of aliphatic hydroxyl groups excluding tert-OH is 1. The molecule has 0 fully saturated rings. The molecule has 0 saturated carbocycles. The van der Waals surface area contributed by atoms with Crippen LogP contribution in [-0.2, 0) is 0 Å². The molecule has 0 aliphatic carbocycles. The number of rotatable bonds is 6. The number of ether oxygens (including phenoxy) is 1. The molecule has 5 nitrogen and oxygen atoms in total. The molecule has 0 unspecified atom stereocenters. The van der Waals surface area contributed by atoms with E-state index in [9.17, 15) is 0 Å². The fraction of sp³-hybridized carbons (Fsp3) is 0.636. The molecule has 90 valence electrons. The van der Waals surface area contributed by atoms with E-state index in [2.05, 4.69) is 23.8 Å². The maximum Gasteiger partial charge on any atom is 0.218 e. The Morgan fingerprint density at radius 1 is 1.44 bits per heavy atom. The molecule has 1 aromatic heterocycles. The van der Waals surface area contributed by atoms with Crippen LogP contribution in [-0.4, -0.2) is 40.9 Å². The summed E-state index contributed by atoms with van der Waals surface area (Å²) >= 11 is 0. The minimum absolute atomic E-state index is 0.103. The Bertz CT molecular complexity index is 318. The van der Waals surface area contributed by atoms with Crippen molar-refractivity contribution >= 4 is 5.82 Å². The molecule has 1 rings (SSSR count). The van der Waals surface area contributed by atoms with Gasteiger partial charge in [0.05, 0.1) is 13.2 Å². The first-order chi connectivity index (χ1) is 7.69. The summed E-state index contributed by atoms with van der Waals surface area (Å²) in [5, 5.41) is 9.00. The highest BCUT2D eigenvalue weighted by atomic mass is 16.5. The first-order valence-corrected chi connectivity index (χ1v) is 5.51. The highest BCUT2D eigenvalue weighted by Crippen LogP contribution is 2.17. The van der Waals surface area contributed by atoms with Crippen molar-refractivity contribution in [2.24, 2.45) is 0 Å². The summed E-state index contributed by atoms with van der Waals surface area (Å²) in [7, 11) is 0. The number of aromatic nitrogens is 2. The van der Waals surface area contributed by atoms with Crippen LogP contribution in [0, 0.1) is 0 Å². The zero-order valence-electron chi connectivity index (χ0n) is 10.1. The van der Waals surface area contributed by atoms with Crippen LogP contribution < -0.4 is 9.64 Å². The molecule has 0 aromatic carbocycles. The second-order valence-corrected chi connectivity index (χ2v) is 3.66. The molecule has 0 amide bonds. The third-order valence-electron chi connectivity index (χ3n) is 2.18. The van der Waals surface area contributed by atoms with E-state index in [1.807, 2.05) is 11.8 Å². The van der Waals surface area contributed by atoms with E-state index in [1.54, 1.807) is 6.07 Å². The van der Waals surface area contributed by atoms with Gasteiger partial charge >= 0.3 is 0 Å². The topological polar surface area (TPSA) is 58.5 Å². The Labute approximate surface area is 96.1 Å². The summed E-state index contributed by atoms with van der Waals surface area (Å²) in [6.07, 6.45) is 1.48. The van der Waals surface area contributed by atoms with Crippen molar-refractivity contribution < 1.29 is 9.84 Å². The molecule has 5 heteroatoms. The lowest BCUT2D eigenvalue weighted by atomic mass is 10.3. The van der Waals surface area contributed by atoms with Gasteiger partial charge < -0.3 is 14.7 Å². The maximum absolute atomic E-state index is 9.00. The number of hydrogen-bond donors (Lipinski definition) is 1. The fourth-order valence-electron chi connectivity index (χ4n) is 1.46. The summed E-state index contributed by atoms with van der Waals surface area (Å²) in [6.45, 7) is 7.26. The lowest BCUT2D eigenvalue weighted by Gasteiger charge is -2.26. The molecule has 0 radical (unpaired) electrons. The van der Waals surface area contributed by atoms with Gasteiger partial charge in [0.15, 0.2) is 0 Å². The van der Waals surface area contributed by atoms with Crippen LogP contribution in [0.4, 0.5) is 5.82 Å². The smallest absolute Gasteiger partial charge is 0.218 e. The van der Waals surface area contributed by atoms with Gasteiger partial charge in [-0.2, -0.15) is 0 Å². The van der Waals surface area contributed by atoms with Crippen molar-refractivity contribution in [3.05, 3.63) is 12.4 Å². The lowest BCUT2D eigenvalue weighted by Crippen LogP contribution is -2.34. The van der Waals surface area contributed by atoms with Gasteiger partial charge in [0.1, 0.15) is 12.1 Å². The average molecular weight is 225 g/mol. The largest absolute Gasteiger partial charge is 0.478 e. The molecule has 0 spiro atoms. The summed E-state index contributed by atoms with van der Waals surface area (Å²) in [6, 6.07) is 2.07. The SMILES string of the molecule is CCOc1cc(N(CCO)C(C)C)ncn1. The van der Waals surface area contributed by atoms with Crippen molar-refractivity contribution in [3.63, 3.8) is 0 Å². The van der Waals surface area contributed by atoms with Crippen LogP contribution in [0.25, 0.3) is 0 Å². The van der Waals surface area contributed by atoms with Gasteiger partial charge in [0, 0.05) is 18.7 Å². The molecule has 0 aliphatic heterocycles.